The van der Waals surface area contributed by atoms with Gasteiger partial charge >= 0.3 is 5.97 Å². The van der Waals surface area contributed by atoms with Crippen LogP contribution in [0, 0.1) is 0 Å². The van der Waals surface area contributed by atoms with Crippen LogP contribution in [0.1, 0.15) is 96.8 Å². The molecule has 2 heteroatoms. The van der Waals surface area contributed by atoms with Gasteiger partial charge in [0, 0.05) is 6.42 Å². The predicted octanol–water partition coefficient (Wildman–Crippen LogP) is 7.31. The number of hydrogen-bond acceptors (Lipinski definition) is 2. The van der Waals surface area contributed by atoms with Crippen molar-refractivity contribution in [2.75, 3.05) is 7.11 Å². The largest absolute Gasteiger partial charge is 0.469 e. The molecule has 0 bridgehead atoms. The fraction of sp³-hybridized carbons (Fsp3) is 0.696. The molecule has 0 N–H and O–H groups in total. The van der Waals surface area contributed by atoms with Gasteiger partial charge in [-0.15, -0.1) is 0 Å². The van der Waals surface area contributed by atoms with E-state index in [4.69, 9.17) is 0 Å². The Morgan fingerprint density at radius 2 is 1.16 bits per heavy atom. The van der Waals surface area contributed by atoms with E-state index in [2.05, 4.69) is 48.1 Å². The lowest BCUT2D eigenvalue weighted by atomic mass is 10.1. The first kappa shape index (κ1) is 23.7. The maximum atomic E-state index is 10.9. The Balaban J connectivity index is 3.30. The van der Waals surface area contributed by atoms with Crippen LogP contribution < -0.4 is 0 Å². The van der Waals surface area contributed by atoms with E-state index in [0.29, 0.717) is 6.42 Å². The summed E-state index contributed by atoms with van der Waals surface area (Å²) in [6.07, 6.45) is 30.0. The minimum absolute atomic E-state index is 0.118. The number of ether oxygens (including phenoxy) is 1. The molecule has 0 radical (unpaired) electrons. The fourth-order valence-corrected chi connectivity index (χ4v) is 2.64. The number of hydrogen-bond donors (Lipinski definition) is 0. The van der Waals surface area contributed by atoms with E-state index in [-0.39, 0.29) is 5.97 Å². The maximum absolute atomic E-state index is 10.9. The number of esters is 1. The number of carbonyl (C=O) groups is 1. The molecule has 0 aliphatic carbocycles. The van der Waals surface area contributed by atoms with Gasteiger partial charge in [0.05, 0.1) is 7.11 Å². The average molecular weight is 349 g/mol. The van der Waals surface area contributed by atoms with E-state index < -0.39 is 0 Å². The van der Waals surface area contributed by atoms with Gasteiger partial charge in [-0.05, 0) is 38.5 Å². The van der Waals surface area contributed by atoms with Crippen LogP contribution in [-0.2, 0) is 9.53 Å². The third kappa shape index (κ3) is 20.6. The summed E-state index contributed by atoms with van der Waals surface area (Å²) in [5, 5.41) is 0. The van der Waals surface area contributed by atoms with Crippen molar-refractivity contribution in [1.29, 1.82) is 0 Å². The molecule has 0 unspecified atom stereocenters. The van der Waals surface area contributed by atoms with Crippen molar-refractivity contribution in [2.24, 2.45) is 0 Å². The van der Waals surface area contributed by atoms with E-state index in [1.165, 1.54) is 64.9 Å². The number of carbonyl (C=O) groups excluding carboxylic acids is 1. The summed E-state index contributed by atoms with van der Waals surface area (Å²) in [6, 6.07) is 0. The smallest absolute Gasteiger partial charge is 0.305 e. The fourth-order valence-electron chi connectivity index (χ4n) is 2.64. The Morgan fingerprint density at radius 3 is 1.72 bits per heavy atom. The van der Waals surface area contributed by atoms with Crippen molar-refractivity contribution < 1.29 is 9.53 Å². The summed E-state index contributed by atoms with van der Waals surface area (Å²) in [5.41, 5.74) is 0. The van der Waals surface area contributed by atoms with E-state index in [1.807, 2.05) is 0 Å². The van der Waals surface area contributed by atoms with E-state index in [9.17, 15) is 4.79 Å². The van der Waals surface area contributed by atoms with Gasteiger partial charge in [0.2, 0.25) is 0 Å². The molecule has 0 amide bonds. The maximum Gasteiger partial charge on any atom is 0.305 e. The van der Waals surface area contributed by atoms with Gasteiger partial charge < -0.3 is 4.74 Å². The van der Waals surface area contributed by atoms with Crippen molar-refractivity contribution in [1.82, 2.24) is 0 Å². The molecule has 0 aromatic carbocycles. The van der Waals surface area contributed by atoms with Gasteiger partial charge in [-0.2, -0.15) is 0 Å². The van der Waals surface area contributed by atoms with Crippen LogP contribution in [0.15, 0.2) is 36.5 Å². The number of rotatable bonds is 17. The van der Waals surface area contributed by atoms with Crippen molar-refractivity contribution in [3.8, 4) is 0 Å². The summed E-state index contributed by atoms with van der Waals surface area (Å²) in [7, 11) is 1.44. The van der Waals surface area contributed by atoms with Crippen LogP contribution in [0.4, 0.5) is 0 Å². The van der Waals surface area contributed by atoms with Crippen LogP contribution in [-0.4, -0.2) is 13.1 Å². The first-order valence-corrected chi connectivity index (χ1v) is 10.3. The predicted molar refractivity (Wildman–Crippen MR) is 110 cm³/mol. The minimum Gasteiger partial charge on any atom is -0.469 e. The topological polar surface area (TPSA) is 26.3 Å². The Hall–Kier alpha value is -1.31. The first-order valence-electron chi connectivity index (χ1n) is 10.3. The van der Waals surface area contributed by atoms with Gasteiger partial charge in [-0.1, -0.05) is 88.3 Å². The normalized spacial score (nSPS) is 11.9. The van der Waals surface area contributed by atoms with Crippen molar-refractivity contribution in [3.05, 3.63) is 36.5 Å². The highest BCUT2D eigenvalue weighted by atomic mass is 16.5. The summed E-state index contributed by atoms with van der Waals surface area (Å²) in [5.74, 6) is -0.118. The third-order valence-electron chi connectivity index (χ3n) is 4.25. The summed E-state index contributed by atoms with van der Waals surface area (Å²) in [6.45, 7) is 2.27. The second kappa shape index (κ2) is 20.7. The molecule has 0 aliphatic rings. The van der Waals surface area contributed by atoms with Crippen LogP contribution in [0.5, 0.6) is 0 Å². The Morgan fingerprint density at radius 1 is 0.680 bits per heavy atom. The van der Waals surface area contributed by atoms with Gasteiger partial charge in [0.1, 0.15) is 0 Å². The highest BCUT2D eigenvalue weighted by Crippen LogP contribution is 2.09. The highest BCUT2D eigenvalue weighted by Gasteiger charge is 1.96. The molecule has 0 spiro atoms. The second-order valence-electron chi connectivity index (χ2n) is 6.62. The second-order valence-corrected chi connectivity index (χ2v) is 6.62. The molecule has 0 rings (SSSR count). The third-order valence-corrected chi connectivity index (χ3v) is 4.25. The molecular formula is C23H40O2. The Bertz CT molecular complexity index is 366. The summed E-state index contributed by atoms with van der Waals surface area (Å²) < 4.78 is 4.61. The van der Waals surface area contributed by atoms with Crippen molar-refractivity contribution >= 4 is 5.97 Å². The monoisotopic (exact) mass is 348 g/mol. The average Bonchev–Trinajstić information content (AvgIpc) is 2.63. The molecule has 0 aromatic heterocycles. The molecule has 0 saturated carbocycles. The first-order chi connectivity index (χ1) is 12.3. The van der Waals surface area contributed by atoms with Gasteiger partial charge in [-0.25, -0.2) is 0 Å². The zero-order valence-electron chi connectivity index (χ0n) is 16.7. The van der Waals surface area contributed by atoms with Gasteiger partial charge in [0.15, 0.2) is 0 Å². The molecule has 2 nitrogen and oxygen atoms in total. The standard InChI is InChI=1S/C23H40O2/c1-3-4-5-6-7-8-9-10-11-12-13-14-15-16-17-18-19-20-21-22-23(24)25-2/h12-13,15-16,18-19H,3-11,14,17,20-22H2,1-2H3/b13-12-,16-15-,19-18-. The van der Waals surface area contributed by atoms with Crippen LogP contribution in [0.2, 0.25) is 0 Å². The zero-order chi connectivity index (χ0) is 18.4. The molecule has 25 heavy (non-hydrogen) atoms. The zero-order valence-corrected chi connectivity index (χ0v) is 16.7. The lowest BCUT2D eigenvalue weighted by Crippen LogP contribution is -1.98. The van der Waals surface area contributed by atoms with E-state index in [0.717, 1.165) is 25.7 Å². The lowest BCUT2D eigenvalue weighted by Gasteiger charge is -1.99. The molecular weight excluding hydrogens is 308 g/mol. The SMILES string of the molecule is CCCCCCCCCC/C=C\C/C=C\C/C=C\CCCC(=O)OC. The summed E-state index contributed by atoms with van der Waals surface area (Å²) in [4.78, 5) is 10.9. The van der Waals surface area contributed by atoms with E-state index in [1.54, 1.807) is 0 Å². The molecule has 0 heterocycles. The van der Waals surface area contributed by atoms with Gasteiger partial charge in [-0.3, -0.25) is 4.79 Å². The van der Waals surface area contributed by atoms with Crippen LogP contribution in [0.3, 0.4) is 0 Å². The van der Waals surface area contributed by atoms with Crippen LogP contribution in [0.25, 0.3) is 0 Å². The molecule has 144 valence electrons. The van der Waals surface area contributed by atoms with Gasteiger partial charge in [0.25, 0.3) is 0 Å². The molecule has 0 fully saturated rings. The number of allylic oxidation sites excluding steroid dienone is 6. The summed E-state index contributed by atoms with van der Waals surface area (Å²) >= 11 is 0. The number of unbranched alkanes of at least 4 members (excludes halogenated alkanes) is 9. The molecule has 0 aliphatic heterocycles. The Labute approximate surface area is 156 Å². The number of methoxy groups -OCH3 is 1. The Kier molecular flexibility index (Phi) is 19.6. The molecule has 0 aromatic rings. The van der Waals surface area contributed by atoms with E-state index >= 15 is 0 Å². The molecule has 0 atom stereocenters. The van der Waals surface area contributed by atoms with Crippen LogP contribution >= 0.6 is 0 Å². The highest BCUT2D eigenvalue weighted by molar-refractivity contribution is 5.69. The minimum atomic E-state index is -0.118. The lowest BCUT2D eigenvalue weighted by molar-refractivity contribution is -0.140. The molecule has 0 saturated heterocycles. The quantitative estimate of drug-likeness (QED) is 0.156. The van der Waals surface area contributed by atoms with Crippen molar-refractivity contribution in [2.45, 2.75) is 96.8 Å². The van der Waals surface area contributed by atoms with Crippen molar-refractivity contribution in [3.63, 3.8) is 0 Å².